The summed E-state index contributed by atoms with van der Waals surface area (Å²) >= 11 is 0. The average Bonchev–Trinajstić information content (AvgIpc) is 2.33. The van der Waals surface area contributed by atoms with Gasteiger partial charge in [-0.2, -0.15) is 0 Å². The molecule has 2 N–H and O–H groups in total. The third kappa shape index (κ3) is 8.18. The van der Waals surface area contributed by atoms with Crippen LogP contribution in [0.1, 0.15) is 52.4 Å². The number of unbranched alkanes of at least 4 members (excludes halogenated alkanes) is 1. The maximum Gasteiger partial charge on any atom is 0.324 e. The number of rotatable bonds is 8. The molecule has 0 rings (SSSR count). The fourth-order valence-electron chi connectivity index (χ4n) is 1.64. The predicted octanol–water partition coefficient (Wildman–Crippen LogP) is 1.99. The Morgan fingerprint density at radius 2 is 1.79 bits per heavy atom. The first-order chi connectivity index (χ1) is 8.88. The number of urea groups is 1. The Labute approximate surface area is 114 Å². The molecule has 0 aromatic heterocycles. The Morgan fingerprint density at radius 3 is 2.32 bits per heavy atom. The van der Waals surface area contributed by atoms with Crippen LogP contribution in [-0.2, 0) is 9.59 Å². The van der Waals surface area contributed by atoms with Gasteiger partial charge in [-0.25, -0.2) is 4.79 Å². The first kappa shape index (κ1) is 17.4. The van der Waals surface area contributed by atoms with Gasteiger partial charge >= 0.3 is 12.0 Å². The van der Waals surface area contributed by atoms with Crippen molar-refractivity contribution in [1.29, 1.82) is 0 Å². The monoisotopic (exact) mass is 272 g/mol. The minimum Gasteiger partial charge on any atom is -0.481 e. The number of nitrogens with one attached hydrogen (secondary N) is 1. The molecule has 0 saturated heterocycles. The molecule has 1 unspecified atom stereocenters. The molecule has 0 aliphatic heterocycles. The highest BCUT2D eigenvalue weighted by atomic mass is 16.4. The van der Waals surface area contributed by atoms with E-state index in [1.54, 1.807) is 7.05 Å². The molecule has 0 spiro atoms. The van der Waals surface area contributed by atoms with Crippen molar-refractivity contribution in [2.75, 3.05) is 7.05 Å². The highest BCUT2D eigenvalue weighted by molar-refractivity contribution is 5.94. The van der Waals surface area contributed by atoms with Gasteiger partial charge in [-0.05, 0) is 26.2 Å². The van der Waals surface area contributed by atoms with E-state index in [1.165, 1.54) is 4.90 Å². The summed E-state index contributed by atoms with van der Waals surface area (Å²) in [5.74, 6) is -1.23. The molecule has 0 radical (unpaired) electrons. The first-order valence-electron chi connectivity index (χ1n) is 6.66. The van der Waals surface area contributed by atoms with Crippen molar-refractivity contribution in [3.05, 3.63) is 0 Å². The van der Waals surface area contributed by atoms with E-state index in [4.69, 9.17) is 5.11 Å². The molecule has 110 valence electrons. The van der Waals surface area contributed by atoms with Gasteiger partial charge in [-0.15, -0.1) is 0 Å². The van der Waals surface area contributed by atoms with Crippen molar-refractivity contribution in [1.82, 2.24) is 10.2 Å². The lowest BCUT2D eigenvalue weighted by molar-refractivity contribution is -0.137. The maximum absolute atomic E-state index is 11.7. The van der Waals surface area contributed by atoms with E-state index in [2.05, 4.69) is 5.32 Å². The molecule has 0 heterocycles. The minimum absolute atomic E-state index is 0.0503. The third-order valence-electron chi connectivity index (χ3n) is 2.98. The Bertz CT molecular complexity index is 318. The van der Waals surface area contributed by atoms with Crippen LogP contribution in [0.2, 0.25) is 0 Å². The molecule has 0 bridgehead atoms. The number of aliphatic carboxylic acids is 1. The van der Waals surface area contributed by atoms with E-state index < -0.39 is 12.0 Å². The van der Waals surface area contributed by atoms with Gasteiger partial charge in [0, 0.05) is 25.9 Å². The normalized spacial score (nSPS) is 11.7. The molecule has 0 saturated carbocycles. The number of hydrogen-bond donors (Lipinski definition) is 2. The number of carboxylic acids is 1. The highest BCUT2D eigenvalue weighted by Crippen LogP contribution is 2.04. The largest absolute Gasteiger partial charge is 0.481 e. The highest BCUT2D eigenvalue weighted by Gasteiger charge is 2.16. The quantitative estimate of drug-likeness (QED) is 0.661. The molecule has 6 nitrogen and oxygen atoms in total. The number of carbonyl (C=O) groups is 3. The summed E-state index contributed by atoms with van der Waals surface area (Å²) in [5, 5.41) is 10.8. The molecule has 1 atom stereocenters. The Hall–Kier alpha value is -1.59. The second-order valence-corrected chi connectivity index (χ2v) is 4.70. The molecule has 0 aliphatic carbocycles. The predicted molar refractivity (Wildman–Crippen MR) is 71.8 cm³/mol. The molecular weight excluding hydrogens is 248 g/mol. The summed E-state index contributed by atoms with van der Waals surface area (Å²) in [7, 11) is 1.66. The zero-order valence-corrected chi connectivity index (χ0v) is 11.9. The minimum atomic E-state index is -0.871. The van der Waals surface area contributed by atoms with Crippen molar-refractivity contribution in [2.24, 2.45) is 0 Å². The van der Waals surface area contributed by atoms with E-state index in [-0.39, 0.29) is 24.8 Å². The van der Waals surface area contributed by atoms with Gasteiger partial charge < -0.3 is 10.0 Å². The SMILES string of the molecule is CCCC(C)N(C)C(=O)NC(=O)CCCCC(=O)O. The fraction of sp³-hybridized carbons (Fsp3) is 0.769. The van der Waals surface area contributed by atoms with Crippen LogP contribution in [0, 0.1) is 0 Å². The molecular formula is C13H24N2O4. The van der Waals surface area contributed by atoms with Crippen LogP contribution in [0.4, 0.5) is 4.79 Å². The fourth-order valence-corrected chi connectivity index (χ4v) is 1.64. The van der Waals surface area contributed by atoms with Gasteiger partial charge in [0.05, 0.1) is 0 Å². The molecule has 6 heteroatoms. The van der Waals surface area contributed by atoms with Crippen molar-refractivity contribution < 1.29 is 19.5 Å². The van der Waals surface area contributed by atoms with Gasteiger partial charge in [-0.3, -0.25) is 14.9 Å². The topological polar surface area (TPSA) is 86.7 Å². The number of imide groups is 1. The van der Waals surface area contributed by atoms with Crippen LogP contribution in [-0.4, -0.2) is 41.0 Å². The van der Waals surface area contributed by atoms with Gasteiger partial charge in [-0.1, -0.05) is 13.3 Å². The zero-order valence-electron chi connectivity index (χ0n) is 11.9. The smallest absolute Gasteiger partial charge is 0.324 e. The number of carbonyl (C=O) groups excluding carboxylic acids is 2. The lowest BCUT2D eigenvalue weighted by atomic mass is 10.2. The zero-order chi connectivity index (χ0) is 14.8. The second-order valence-electron chi connectivity index (χ2n) is 4.70. The Kier molecular flexibility index (Phi) is 8.57. The van der Waals surface area contributed by atoms with E-state index in [0.29, 0.717) is 12.8 Å². The number of carboxylic acid groups (broad SMARTS) is 1. The van der Waals surface area contributed by atoms with E-state index in [9.17, 15) is 14.4 Å². The molecule has 0 fully saturated rings. The van der Waals surface area contributed by atoms with Gasteiger partial charge in [0.1, 0.15) is 0 Å². The maximum atomic E-state index is 11.7. The summed E-state index contributed by atoms with van der Waals surface area (Å²) in [6.07, 6.45) is 3.00. The average molecular weight is 272 g/mol. The van der Waals surface area contributed by atoms with Crippen molar-refractivity contribution in [3.63, 3.8) is 0 Å². The summed E-state index contributed by atoms with van der Waals surface area (Å²) < 4.78 is 0. The van der Waals surface area contributed by atoms with Crippen molar-refractivity contribution in [3.8, 4) is 0 Å². The van der Waals surface area contributed by atoms with E-state index >= 15 is 0 Å². The summed E-state index contributed by atoms with van der Waals surface area (Å²) in [6.45, 7) is 3.97. The van der Waals surface area contributed by atoms with Crippen LogP contribution >= 0.6 is 0 Å². The molecule has 0 aromatic rings. The molecule has 19 heavy (non-hydrogen) atoms. The van der Waals surface area contributed by atoms with Gasteiger partial charge in [0.15, 0.2) is 0 Å². The van der Waals surface area contributed by atoms with Crippen LogP contribution < -0.4 is 5.32 Å². The lowest BCUT2D eigenvalue weighted by Gasteiger charge is -2.24. The summed E-state index contributed by atoms with van der Waals surface area (Å²) in [5.41, 5.74) is 0. The van der Waals surface area contributed by atoms with Crippen LogP contribution in [0.15, 0.2) is 0 Å². The van der Waals surface area contributed by atoms with E-state index in [1.807, 2.05) is 13.8 Å². The van der Waals surface area contributed by atoms with Crippen LogP contribution in [0.25, 0.3) is 0 Å². The standard InChI is InChI=1S/C13H24N2O4/c1-4-7-10(2)15(3)13(19)14-11(16)8-5-6-9-12(17)18/h10H,4-9H2,1-3H3,(H,17,18)(H,14,16,19). The van der Waals surface area contributed by atoms with Gasteiger partial charge in [0.2, 0.25) is 5.91 Å². The Balaban J connectivity index is 3.91. The van der Waals surface area contributed by atoms with Crippen molar-refractivity contribution >= 4 is 17.9 Å². The molecule has 3 amide bonds. The first-order valence-corrected chi connectivity index (χ1v) is 6.66. The van der Waals surface area contributed by atoms with Crippen LogP contribution in [0.5, 0.6) is 0 Å². The van der Waals surface area contributed by atoms with Gasteiger partial charge in [0.25, 0.3) is 0 Å². The molecule has 0 aromatic carbocycles. The Morgan fingerprint density at radius 1 is 1.21 bits per heavy atom. The second kappa shape index (κ2) is 9.35. The number of hydrogen-bond acceptors (Lipinski definition) is 3. The number of amides is 3. The summed E-state index contributed by atoms with van der Waals surface area (Å²) in [6, 6.07) is -0.311. The third-order valence-corrected chi connectivity index (χ3v) is 2.98. The van der Waals surface area contributed by atoms with E-state index in [0.717, 1.165) is 12.8 Å². The molecule has 0 aliphatic rings. The van der Waals surface area contributed by atoms with Crippen LogP contribution in [0.3, 0.4) is 0 Å². The van der Waals surface area contributed by atoms with Crippen molar-refractivity contribution in [2.45, 2.75) is 58.4 Å². The lowest BCUT2D eigenvalue weighted by Crippen LogP contribution is -2.44. The summed E-state index contributed by atoms with van der Waals surface area (Å²) in [4.78, 5) is 35.0. The number of nitrogens with zero attached hydrogens (tertiary/aromatic N) is 1.